The van der Waals surface area contributed by atoms with Gasteiger partial charge in [-0.25, -0.2) is 0 Å². The first-order valence-corrected chi connectivity index (χ1v) is 13.7. The standard InChI is InChI=1S/C32H30N2O2.C3H9N/c1-23-7-5-12-29(17-23)27-13-15-28(16-14-27)32(36)34-31(20-24-8-3-2-4-9-24)30(22-35)19-25-10-6-11-26(18-25)21-33;1-4(2)3/h2-18,30-31,35H,19-20,22H2,1H3,(H,34,36);1-3H3/p+1. The lowest BCUT2D eigenvalue weighted by Gasteiger charge is -2.27. The van der Waals surface area contributed by atoms with Crippen LogP contribution in [0.15, 0.2) is 103 Å². The quantitative estimate of drug-likeness (QED) is 0.296. The number of nitrogens with one attached hydrogen (secondary N) is 2. The van der Waals surface area contributed by atoms with Crippen LogP contribution in [0.1, 0.15) is 32.6 Å². The van der Waals surface area contributed by atoms with Crippen molar-refractivity contribution in [1.82, 2.24) is 5.32 Å². The number of carbonyl (C=O) groups is 1. The van der Waals surface area contributed by atoms with Gasteiger partial charge in [-0.15, -0.1) is 0 Å². The van der Waals surface area contributed by atoms with Gasteiger partial charge in [0, 0.05) is 24.1 Å². The van der Waals surface area contributed by atoms with Crippen molar-refractivity contribution in [2.45, 2.75) is 25.8 Å². The molecule has 0 fully saturated rings. The van der Waals surface area contributed by atoms with Crippen molar-refractivity contribution in [3.8, 4) is 17.2 Å². The Morgan fingerprint density at radius 1 is 0.825 bits per heavy atom. The van der Waals surface area contributed by atoms with E-state index in [9.17, 15) is 15.2 Å². The highest BCUT2D eigenvalue weighted by molar-refractivity contribution is 5.95. The maximum Gasteiger partial charge on any atom is 0.251 e. The maximum absolute atomic E-state index is 13.3. The van der Waals surface area contributed by atoms with Gasteiger partial charge in [-0.2, -0.15) is 5.26 Å². The van der Waals surface area contributed by atoms with E-state index in [0.29, 0.717) is 24.0 Å². The van der Waals surface area contributed by atoms with Crippen molar-refractivity contribution in [3.05, 3.63) is 131 Å². The van der Waals surface area contributed by atoms with Crippen LogP contribution in [0.5, 0.6) is 0 Å². The van der Waals surface area contributed by atoms with Crippen molar-refractivity contribution >= 4 is 5.91 Å². The van der Waals surface area contributed by atoms with Gasteiger partial charge in [-0.3, -0.25) is 4.79 Å². The van der Waals surface area contributed by atoms with Gasteiger partial charge in [-0.05, 0) is 66.3 Å². The second-order valence-electron chi connectivity index (χ2n) is 10.7. The largest absolute Gasteiger partial charge is 0.396 e. The number of benzene rings is 4. The molecule has 4 aromatic carbocycles. The third-order valence-corrected chi connectivity index (χ3v) is 6.47. The molecule has 5 nitrogen and oxygen atoms in total. The Morgan fingerprint density at radius 3 is 2.10 bits per heavy atom. The molecule has 0 aliphatic heterocycles. The van der Waals surface area contributed by atoms with E-state index in [0.717, 1.165) is 22.3 Å². The average Bonchev–Trinajstić information content (AvgIpc) is 2.96. The molecule has 0 saturated heterocycles. The number of nitrogens with zero attached hydrogens (tertiary/aromatic N) is 1. The Hall–Kier alpha value is -4.24. The second-order valence-corrected chi connectivity index (χ2v) is 10.7. The summed E-state index contributed by atoms with van der Waals surface area (Å²) in [6.07, 6.45) is 1.15. The Kier molecular flexibility index (Phi) is 11.6. The highest BCUT2D eigenvalue weighted by Gasteiger charge is 2.24. The summed E-state index contributed by atoms with van der Waals surface area (Å²) in [6.45, 7) is 1.98. The van der Waals surface area contributed by atoms with Crippen LogP contribution in [0.3, 0.4) is 0 Å². The SMILES string of the molecule is C[NH+](C)C.Cc1cccc(-c2ccc(C(=O)NC(Cc3ccccc3)C(CO)Cc3cccc(C#N)c3)cc2)c1. The van der Waals surface area contributed by atoms with Crippen LogP contribution in [-0.2, 0) is 12.8 Å². The lowest BCUT2D eigenvalue weighted by atomic mass is 9.88. The number of hydrogen-bond donors (Lipinski definition) is 3. The number of aliphatic hydroxyl groups excluding tert-OH is 1. The van der Waals surface area contributed by atoms with E-state index in [1.165, 1.54) is 10.5 Å². The van der Waals surface area contributed by atoms with Gasteiger partial charge in [0.1, 0.15) is 0 Å². The number of rotatable bonds is 9. The van der Waals surface area contributed by atoms with Crippen molar-refractivity contribution < 1.29 is 14.8 Å². The van der Waals surface area contributed by atoms with Gasteiger partial charge < -0.3 is 15.3 Å². The summed E-state index contributed by atoms with van der Waals surface area (Å²) in [6, 6.07) is 35.2. The summed E-state index contributed by atoms with van der Waals surface area (Å²) < 4.78 is 0. The smallest absolute Gasteiger partial charge is 0.251 e. The highest BCUT2D eigenvalue weighted by atomic mass is 16.3. The van der Waals surface area contributed by atoms with Crippen LogP contribution < -0.4 is 10.2 Å². The van der Waals surface area contributed by atoms with Crippen molar-refractivity contribution in [2.75, 3.05) is 27.7 Å². The first-order valence-electron chi connectivity index (χ1n) is 13.7. The molecular formula is C35H40N3O2+. The normalized spacial score (nSPS) is 12.0. The van der Waals surface area contributed by atoms with Gasteiger partial charge >= 0.3 is 0 Å². The Bertz CT molecular complexity index is 1390. The molecule has 3 N–H and O–H groups in total. The van der Waals surface area contributed by atoms with Crippen LogP contribution in [0, 0.1) is 24.2 Å². The van der Waals surface area contributed by atoms with Crippen LogP contribution in [0.2, 0.25) is 0 Å². The zero-order chi connectivity index (χ0) is 28.9. The molecule has 1 amide bonds. The van der Waals surface area contributed by atoms with E-state index in [1.54, 1.807) is 6.07 Å². The van der Waals surface area contributed by atoms with E-state index in [-0.39, 0.29) is 24.5 Å². The Balaban J connectivity index is 0.00000103. The fourth-order valence-corrected chi connectivity index (χ4v) is 4.50. The van der Waals surface area contributed by atoms with Gasteiger partial charge in [0.2, 0.25) is 0 Å². The number of carbonyl (C=O) groups excluding carboxylic acids is 1. The zero-order valence-electron chi connectivity index (χ0n) is 23.9. The van der Waals surface area contributed by atoms with Gasteiger partial charge in [0.15, 0.2) is 0 Å². The second kappa shape index (κ2) is 15.4. The summed E-state index contributed by atoms with van der Waals surface area (Å²) in [7, 11) is 6.25. The molecule has 2 unspecified atom stereocenters. The minimum absolute atomic E-state index is 0.0825. The molecule has 4 rings (SSSR count). The number of amides is 1. The monoisotopic (exact) mass is 534 g/mol. The topological polar surface area (TPSA) is 77.6 Å². The maximum atomic E-state index is 13.3. The summed E-state index contributed by atoms with van der Waals surface area (Å²) >= 11 is 0. The molecule has 4 aromatic rings. The number of aryl methyl sites for hydroxylation is 1. The lowest BCUT2D eigenvalue weighted by Crippen LogP contribution is -3.02. The Labute approximate surface area is 238 Å². The van der Waals surface area contributed by atoms with Crippen molar-refractivity contribution in [1.29, 1.82) is 5.26 Å². The van der Waals surface area contributed by atoms with Crippen LogP contribution in [-0.4, -0.2) is 44.8 Å². The van der Waals surface area contributed by atoms with Crippen LogP contribution >= 0.6 is 0 Å². The molecule has 40 heavy (non-hydrogen) atoms. The van der Waals surface area contributed by atoms with Crippen molar-refractivity contribution in [2.24, 2.45) is 5.92 Å². The van der Waals surface area contributed by atoms with Gasteiger partial charge in [0.05, 0.1) is 32.8 Å². The lowest BCUT2D eigenvalue weighted by molar-refractivity contribution is -0.836. The zero-order valence-corrected chi connectivity index (χ0v) is 23.9. The number of hydrogen-bond acceptors (Lipinski definition) is 3. The molecule has 206 valence electrons. The molecule has 2 atom stereocenters. The minimum Gasteiger partial charge on any atom is -0.396 e. The first-order chi connectivity index (χ1) is 19.3. The molecule has 0 aliphatic rings. The third-order valence-electron chi connectivity index (χ3n) is 6.47. The number of nitriles is 1. The molecular weight excluding hydrogens is 494 g/mol. The van der Waals surface area contributed by atoms with E-state index in [4.69, 9.17) is 0 Å². The summed E-state index contributed by atoms with van der Waals surface area (Å²) in [5.41, 5.74) is 6.57. The predicted molar refractivity (Wildman–Crippen MR) is 162 cm³/mol. The van der Waals surface area contributed by atoms with Gasteiger partial charge in [0.25, 0.3) is 5.91 Å². The molecule has 0 spiro atoms. The summed E-state index contributed by atoms with van der Waals surface area (Å²) in [5.74, 6) is -0.384. The fourth-order valence-electron chi connectivity index (χ4n) is 4.50. The molecule has 0 bridgehead atoms. The molecule has 0 aliphatic carbocycles. The summed E-state index contributed by atoms with van der Waals surface area (Å²) in [5, 5.41) is 22.8. The predicted octanol–water partition coefficient (Wildman–Crippen LogP) is 4.49. The fraction of sp³-hybridized carbons (Fsp3) is 0.257. The summed E-state index contributed by atoms with van der Waals surface area (Å²) in [4.78, 5) is 14.7. The highest BCUT2D eigenvalue weighted by Crippen LogP contribution is 2.22. The first kappa shape index (κ1) is 30.3. The minimum atomic E-state index is -0.285. The Morgan fingerprint density at radius 2 is 1.48 bits per heavy atom. The van der Waals surface area contributed by atoms with E-state index in [1.807, 2.05) is 78.9 Å². The average molecular weight is 535 g/mol. The van der Waals surface area contributed by atoms with Crippen LogP contribution in [0.25, 0.3) is 11.1 Å². The van der Waals surface area contributed by atoms with E-state index < -0.39 is 0 Å². The molecule has 0 radical (unpaired) electrons. The van der Waals surface area contributed by atoms with Gasteiger partial charge in [-0.1, -0.05) is 84.4 Å². The number of aliphatic hydroxyl groups is 1. The van der Waals surface area contributed by atoms with E-state index in [2.05, 4.69) is 57.7 Å². The number of quaternary nitrogens is 1. The molecule has 0 heterocycles. The van der Waals surface area contributed by atoms with E-state index >= 15 is 0 Å². The molecule has 0 aromatic heterocycles. The molecule has 0 saturated carbocycles. The molecule has 5 heteroatoms. The third kappa shape index (κ3) is 9.50. The van der Waals surface area contributed by atoms with Crippen LogP contribution in [0.4, 0.5) is 0 Å². The van der Waals surface area contributed by atoms with Crippen molar-refractivity contribution in [3.63, 3.8) is 0 Å².